The van der Waals surface area contributed by atoms with Gasteiger partial charge in [-0.05, 0) is 6.07 Å². The Balaban J connectivity index is 2.26. The van der Waals surface area contributed by atoms with Crippen LogP contribution in [0.3, 0.4) is 0 Å². The maximum atomic E-state index is 12.8. The Morgan fingerprint density at radius 1 is 1.37 bits per heavy atom. The van der Waals surface area contributed by atoms with E-state index in [9.17, 15) is 23.2 Å². The lowest BCUT2D eigenvalue weighted by Gasteiger charge is -2.30. The number of aromatic nitrogens is 1. The summed E-state index contributed by atoms with van der Waals surface area (Å²) in [5, 5.41) is 9.55. The van der Waals surface area contributed by atoms with Gasteiger partial charge in [0.2, 0.25) is 5.91 Å². The first kappa shape index (κ1) is 18.5. The van der Waals surface area contributed by atoms with Crippen molar-refractivity contribution < 1.29 is 22.7 Å². The van der Waals surface area contributed by atoms with Crippen molar-refractivity contribution in [2.75, 3.05) is 12.3 Å². The molecular formula is C18H15F3N4O2. The van der Waals surface area contributed by atoms with Crippen molar-refractivity contribution >= 4 is 11.7 Å². The number of nitrogens with zero attached hydrogens (tertiary/aromatic N) is 3. The Morgan fingerprint density at radius 2 is 2.07 bits per heavy atom. The summed E-state index contributed by atoms with van der Waals surface area (Å²) in [7, 11) is 0. The molecule has 1 aliphatic heterocycles. The minimum atomic E-state index is -4.90. The van der Waals surface area contributed by atoms with Crippen molar-refractivity contribution in [2.24, 2.45) is 0 Å². The van der Waals surface area contributed by atoms with Gasteiger partial charge in [0.05, 0.1) is 5.69 Å². The number of ether oxygens (including phenoxy) is 1. The molecule has 0 fully saturated rings. The smallest absolute Gasteiger partial charge is 0.405 e. The van der Waals surface area contributed by atoms with Gasteiger partial charge in [-0.2, -0.15) is 5.26 Å². The second-order valence-corrected chi connectivity index (χ2v) is 6.02. The highest BCUT2D eigenvalue weighted by Crippen LogP contribution is 2.41. The van der Waals surface area contributed by atoms with Gasteiger partial charge in [-0.3, -0.25) is 4.79 Å². The molecule has 0 spiro atoms. The van der Waals surface area contributed by atoms with Crippen molar-refractivity contribution in [3.8, 4) is 22.9 Å². The molecular weight excluding hydrogens is 361 g/mol. The molecule has 140 valence electrons. The van der Waals surface area contributed by atoms with E-state index in [0.717, 1.165) is 0 Å². The van der Waals surface area contributed by atoms with E-state index in [-0.39, 0.29) is 35.0 Å². The minimum Gasteiger partial charge on any atom is -0.405 e. The standard InChI is InChI=1S/C18H15F3N4O2/c1-10(26)25-7-6-14-13(9-25)16(12(8-22)17(23)24-14)11-4-2-3-5-15(11)27-18(19,20)21/h2-5H,6-7,9H2,1H3,(H2,23,24). The monoisotopic (exact) mass is 376 g/mol. The molecule has 0 radical (unpaired) electrons. The number of para-hydroxylation sites is 1. The SMILES string of the molecule is CC(=O)N1CCc2nc(N)c(C#N)c(-c3ccccc3OC(F)(F)F)c2C1. The van der Waals surface area contributed by atoms with Crippen LogP contribution in [-0.4, -0.2) is 28.7 Å². The van der Waals surface area contributed by atoms with E-state index in [4.69, 9.17) is 5.73 Å². The summed E-state index contributed by atoms with van der Waals surface area (Å²) in [6.07, 6.45) is -4.51. The van der Waals surface area contributed by atoms with Crippen LogP contribution in [-0.2, 0) is 17.8 Å². The molecule has 0 unspecified atom stereocenters. The maximum Gasteiger partial charge on any atom is 0.573 e. The normalized spacial score (nSPS) is 13.7. The number of rotatable bonds is 2. The van der Waals surface area contributed by atoms with Crippen molar-refractivity contribution in [1.82, 2.24) is 9.88 Å². The third-order valence-electron chi connectivity index (χ3n) is 4.32. The van der Waals surface area contributed by atoms with Crippen LogP contribution in [0.15, 0.2) is 24.3 Å². The first-order valence-corrected chi connectivity index (χ1v) is 8.03. The van der Waals surface area contributed by atoms with Gasteiger partial charge in [-0.15, -0.1) is 13.2 Å². The highest BCUT2D eigenvalue weighted by molar-refractivity contribution is 5.83. The van der Waals surface area contributed by atoms with Gasteiger partial charge in [-0.25, -0.2) is 4.98 Å². The molecule has 2 N–H and O–H groups in total. The number of amides is 1. The summed E-state index contributed by atoms with van der Waals surface area (Å²) in [4.78, 5) is 17.5. The highest BCUT2D eigenvalue weighted by Gasteiger charge is 2.34. The molecule has 9 heteroatoms. The van der Waals surface area contributed by atoms with E-state index in [1.165, 1.54) is 36.1 Å². The molecule has 1 aromatic heterocycles. The minimum absolute atomic E-state index is 0.0441. The lowest BCUT2D eigenvalue weighted by atomic mass is 9.90. The van der Waals surface area contributed by atoms with Crippen LogP contribution >= 0.6 is 0 Å². The second kappa shape index (κ2) is 6.79. The van der Waals surface area contributed by atoms with E-state index in [1.54, 1.807) is 0 Å². The van der Waals surface area contributed by atoms with Gasteiger partial charge in [0.25, 0.3) is 0 Å². The molecule has 3 rings (SSSR count). The van der Waals surface area contributed by atoms with E-state index in [1.807, 2.05) is 6.07 Å². The average Bonchev–Trinajstić information content (AvgIpc) is 2.59. The van der Waals surface area contributed by atoms with Crippen molar-refractivity contribution in [3.63, 3.8) is 0 Å². The Kier molecular flexibility index (Phi) is 4.66. The zero-order chi connectivity index (χ0) is 19.8. The fraction of sp³-hybridized carbons (Fsp3) is 0.278. The molecule has 0 bridgehead atoms. The Bertz CT molecular complexity index is 951. The number of halogens is 3. The van der Waals surface area contributed by atoms with Gasteiger partial charge in [-0.1, -0.05) is 18.2 Å². The number of hydrogen-bond donors (Lipinski definition) is 1. The van der Waals surface area contributed by atoms with Crippen LogP contribution in [0.25, 0.3) is 11.1 Å². The number of alkyl halides is 3. The number of nitrogen functional groups attached to an aromatic ring is 1. The number of pyridine rings is 1. The predicted octanol–water partition coefficient (Wildman–Crippen LogP) is 3.01. The summed E-state index contributed by atoms with van der Waals surface area (Å²) >= 11 is 0. The Hall–Kier alpha value is -3.28. The van der Waals surface area contributed by atoms with Crippen molar-refractivity contribution in [3.05, 3.63) is 41.1 Å². The van der Waals surface area contributed by atoms with Gasteiger partial charge in [0.1, 0.15) is 23.2 Å². The number of carbonyl (C=O) groups is 1. The molecule has 6 nitrogen and oxygen atoms in total. The Labute approximate surface area is 153 Å². The summed E-state index contributed by atoms with van der Waals surface area (Å²) in [5.74, 6) is -0.694. The number of benzene rings is 1. The number of fused-ring (bicyclic) bond motifs is 1. The molecule has 27 heavy (non-hydrogen) atoms. The molecule has 1 aliphatic rings. The fourth-order valence-corrected chi connectivity index (χ4v) is 3.15. The lowest BCUT2D eigenvalue weighted by molar-refractivity contribution is -0.274. The summed E-state index contributed by atoms with van der Waals surface area (Å²) in [5.41, 5.74) is 7.19. The first-order chi connectivity index (χ1) is 12.7. The van der Waals surface area contributed by atoms with Gasteiger partial charge >= 0.3 is 6.36 Å². The molecule has 0 aliphatic carbocycles. The molecule has 1 amide bonds. The first-order valence-electron chi connectivity index (χ1n) is 8.03. The molecule has 2 aromatic rings. The van der Waals surface area contributed by atoms with Gasteiger partial charge < -0.3 is 15.4 Å². The third kappa shape index (κ3) is 3.65. The zero-order valence-electron chi connectivity index (χ0n) is 14.3. The van der Waals surface area contributed by atoms with E-state index >= 15 is 0 Å². The summed E-state index contributed by atoms with van der Waals surface area (Å²) < 4.78 is 42.6. The number of nitriles is 1. The molecule has 0 atom stereocenters. The van der Waals surface area contributed by atoms with Crippen LogP contribution in [0.5, 0.6) is 5.75 Å². The quantitative estimate of drug-likeness (QED) is 0.870. The number of anilines is 1. The molecule has 0 saturated carbocycles. The molecule has 1 aromatic carbocycles. The summed E-state index contributed by atoms with van der Waals surface area (Å²) in [6.45, 7) is 1.95. The molecule has 2 heterocycles. The number of hydrogen-bond acceptors (Lipinski definition) is 5. The predicted molar refractivity (Wildman–Crippen MR) is 90.3 cm³/mol. The number of nitrogens with two attached hydrogens (primary N) is 1. The van der Waals surface area contributed by atoms with Gasteiger partial charge in [0, 0.05) is 43.1 Å². The third-order valence-corrected chi connectivity index (χ3v) is 4.32. The summed E-state index contributed by atoms with van der Waals surface area (Å²) in [6, 6.07) is 7.44. The second-order valence-electron chi connectivity index (χ2n) is 6.02. The fourth-order valence-electron chi connectivity index (χ4n) is 3.15. The lowest BCUT2D eigenvalue weighted by Crippen LogP contribution is -2.35. The van der Waals surface area contributed by atoms with E-state index in [0.29, 0.717) is 24.2 Å². The van der Waals surface area contributed by atoms with Crippen LogP contribution in [0.2, 0.25) is 0 Å². The molecule has 0 saturated heterocycles. The van der Waals surface area contributed by atoms with Crippen LogP contribution in [0.4, 0.5) is 19.0 Å². The van der Waals surface area contributed by atoms with Gasteiger partial charge in [0.15, 0.2) is 0 Å². The largest absolute Gasteiger partial charge is 0.573 e. The van der Waals surface area contributed by atoms with E-state index < -0.39 is 12.1 Å². The Morgan fingerprint density at radius 3 is 2.70 bits per heavy atom. The van der Waals surface area contributed by atoms with Crippen LogP contribution < -0.4 is 10.5 Å². The van der Waals surface area contributed by atoms with Crippen molar-refractivity contribution in [1.29, 1.82) is 5.26 Å². The van der Waals surface area contributed by atoms with Crippen LogP contribution in [0.1, 0.15) is 23.7 Å². The number of carbonyl (C=O) groups excluding carboxylic acids is 1. The maximum absolute atomic E-state index is 12.8. The average molecular weight is 376 g/mol. The van der Waals surface area contributed by atoms with Crippen LogP contribution in [0, 0.1) is 11.3 Å². The topological polar surface area (TPSA) is 92.2 Å². The van der Waals surface area contributed by atoms with Crippen molar-refractivity contribution in [2.45, 2.75) is 26.3 Å². The van der Waals surface area contributed by atoms with E-state index in [2.05, 4.69) is 9.72 Å². The zero-order valence-corrected chi connectivity index (χ0v) is 14.3. The highest BCUT2D eigenvalue weighted by atomic mass is 19.4.